The molecule has 1 atom stereocenters. The maximum Gasteiger partial charge on any atom is 0.227 e. The summed E-state index contributed by atoms with van der Waals surface area (Å²) < 4.78 is 0. The van der Waals surface area contributed by atoms with Crippen molar-refractivity contribution in [2.45, 2.75) is 52.4 Å². The topological polar surface area (TPSA) is 46.3 Å². The molecule has 0 spiro atoms. The van der Waals surface area contributed by atoms with Crippen LogP contribution in [0.5, 0.6) is 0 Å². The van der Waals surface area contributed by atoms with Crippen LogP contribution in [0, 0.1) is 5.92 Å². The van der Waals surface area contributed by atoms with E-state index in [0.29, 0.717) is 12.3 Å². The number of anilines is 2. The first-order valence-corrected chi connectivity index (χ1v) is 7.84. The maximum absolute atomic E-state index is 12.3. The summed E-state index contributed by atoms with van der Waals surface area (Å²) in [6.45, 7) is 5.29. The second kappa shape index (κ2) is 6.78. The van der Waals surface area contributed by atoms with Crippen LogP contribution in [-0.4, -0.2) is 12.5 Å². The van der Waals surface area contributed by atoms with Gasteiger partial charge in [-0.1, -0.05) is 33.1 Å². The Hall–Kier alpha value is -1.51. The molecule has 20 heavy (non-hydrogen) atoms. The van der Waals surface area contributed by atoms with Crippen LogP contribution in [0.2, 0.25) is 0 Å². The summed E-state index contributed by atoms with van der Waals surface area (Å²) in [5.74, 6) is 0.861. The van der Waals surface area contributed by atoms with Gasteiger partial charge in [0.25, 0.3) is 0 Å². The van der Waals surface area contributed by atoms with Gasteiger partial charge in [-0.2, -0.15) is 0 Å². The number of hydrogen-bond donors (Lipinski definition) is 1. The van der Waals surface area contributed by atoms with E-state index in [2.05, 4.69) is 13.8 Å². The van der Waals surface area contributed by atoms with Gasteiger partial charge in [-0.3, -0.25) is 4.79 Å². The van der Waals surface area contributed by atoms with Crippen molar-refractivity contribution >= 4 is 17.3 Å². The van der Waals surface area contributed by atoms with E-state index in [1.54, 1.807) is 0 Å². The minimum Gasteiger partial charge on any atom is -0.399 e. The molecule has 0 saturated carbocycles. The quantitative estimate of drug-likeness (QED) is 0.803. The predicted octanol–water partition coefficient (Wildman–Crippen LogP) is 3.76. The molecule has 1 aliphatic rings. The third kappa shape index (κ3) is 3.33. The van der Waals surface area contributed by atoms with Crippen molar-refractivity contribution in [1.82, 2.24) is 0 Å². The first kappa shape index (κ1) is 14.9. The molecule has 1 amide bonds. The van der Waals surface area contributed by atoms with E-state index in [1.807, 2.05) is 23.1 Å². The molecule has 3 nitrogen and oxygen atoms in total. The Morgan fingerprint density at radius 3 is 2.80 bits per heavy atom. The van der Waals surface area contributed by atoms with Crippen molar-refractivity contribution in [3.05, 3.63) is 23.8 Å². The van der Waals surface area contributed by atoms with Crippen molar-refractivity contribution in [2.24, 2.45) is 5.92 Å². The van der Waals surface area contributed by atoms with Gasteiger partial charge in [0.05, 0.1) is 0 Å². The highest BCUT2D eigenvalue weighted by molar-refractivity contribution is 5.96. The largest absolute Gasteiger partial charge is 0.399 e. The normalized spacial score (nSPS) is 16.1. The molecule has 0 saturated heterocycles. The fourth-order valence-electron chi connectivity index (χ4n) is 2.96. The molecule has 0 aromatic heterocycles. The van der Waals surface area contributed by atoms with Crippen LogP contribution in [0.4, 0.5) is 11.4 Å². The van der Waals surface area contributed by atoms with E-state index in [4.69, 9.17) is 5.73 Å². The number of fused-ring (bicyclic) bond motifs is 1. The lowest BCUT2D eigenvalue weighted by atomic mass is 9.95. The van der Waals surface area contributed by atoms with E-state index in [-0.39, 0.29) is 5.91 Å². The third-order valence-electron chi connectivity index (χ3n) is 4.29. The fourth-order valence-corrected chi connectivity index (χ4v) is 2.96. The smallest absolute Gasteiger partial charge is 0.227 e. The lowest BCUT2D eigenvalue weighted by Gasteiger charge is -2.32. The van der Waals surface area contributed by atoms with Crippen LogP contribution in [0.3, 0.4) is 0 Å². The molecule has 3 heteroatoms. The first-order valence-electron chi connectivity index (χ1n) is 7.84. The Bertz CT molecular complexity index is 470. The molecular formula is C17H26N2O. The van der Waals surface area contributed by atoms with Crippen molar-refractivity contribution in [1.29, 1.82) is 0 Å². The maximum atomic E-state index is 12.3. The van der Waals surface area contributed by atoms with Crippen LogP contribution in [-0.2, 0) is 11.2 Å². The average Bonchev–Trinajstić information content (AvgIpc) is 2.45. The van der Waals surface area contributed by atoms with Gasteiger partial charge in [-0.15, -0.1) is 0 Å². The summed E-state index contributed by atoms with van der Waals surface area (Å²) in [6.07, 6.45) is 6.24. The number of rotatable bonds is 6. The Balaban J connectivity index is 2.16. The second-order valence-electron chi connectivity index (χ2n) is 5.81. The zero-order valence-electron chi connectivity index (χ0n) is 12.7. The summed E-state index contributed by atoms with van der Waals surface area (Å²) in [5, 5.41) is 0. The number of unbranched alkanes of at least 4 members (excludes halogenated alkanes) is 1. The van der Waals surface area contributed by atoms with Gasteiger partial charge < -0.3 is 10.6 Å². The molecule has 1 aromatic carbocycles. The molecule has 2 N–H and O–H groups in total. The number of amides is 1. The molecule has 1 unspecified atom stereocenters. The van der Waals surface area contributed by atoms with Crippen LogP contribution >= 0.6 is 0 Å². The number of nitrogens with two attached hydrogens (primary N) is 1. The minimum atomic E-state index is 0.261. The molecule has 2 rings (SSSR count). The fraction of sp³-hybridized carbons (Fsp3) is 0.588. The minimum absolute atomic E-state index is 0.261. The summed E-state index contributed by atoms with van der Waals surface area (Å²) in [5.41, 5.74) is 8.93. The van der Waals surface area contributed by atoms with E-state index < -0.39 is 0 Å². The summed E-state index contributed by atoms with van der Waals surface area (Å²) in [7, 11) is 0. The molecule has 0 fully saturated rings. The molecule has 1 aromatic rings. The van der Waals surface area contributed by atoms with Crippen molar-refractivity contribution in [3.63, 3.8) is 0 Å². The van der Waals surface area contributed by atoms with Crippen LogP contribution in [0.1, 0.15) is 51.5 Å². The SMILES string of the molecule is CCCCC(CC)CN1C(=O)CCc2cc(N)ccc21. The van der Waals surface area contributed by atoms with E-state index in [9.17, 15) is 4.79 Å². The van der Waals surface area contributed by atoms with Crippen LogP contribution in [0.15, 0.2) is 18.2 Å². The number of aryl methyl sites for hydroxylation is 1. The van der Waals surface area contributed by atoms with Gasteiger partial charge in [0.1, 0.15) is 0 Å². The highest BCUT2D eigenvalue weighted by Gasteiger charge is 2.25. The Morgan fingerprint density at radius 1 is 1.30 bits per heavy atom. The van der Waals surface area contributed by atoms with Gasteiger partial charge in [0.2, 0.25) is 5.91 Å². The molecule has 1 heterocycles. The summed E-state index contributed by atoms with van der Waals surface area (Å²) >= 11 is 0. The van der Waals surface area contributed by atoms with E-state index >= 15 is 0 Å². The van der Waals surface area contributed by atoms with Gasteiger partial charge in [-0.05, 0) is 42.5 Å². The lowest BCUT2D eigenvalue weighted by molar-refractivity contribution is -0.119. The zero-order valence-corrected chi connectivity index (χ0v) is 12.7. The van der Waals surface area contributed by atoms with Gasteiger partial charge in [-0.25, -0.2) is 0 Å². The van der Waals surface area contributed by atoms with Crippen LogP contribution < -0.4 is 10.6 Å². The molecule has 110 valence electrons. The monoisotopic (exact) mass is 274 g/mol. The summed E-state index contributed by atoms with van der Waals surface area (Å²) in [4.78, 5) is 14.3. The van der Waals surface area contributed by atoms with Gasteiger partial charge >= 0.3 is 0 Å². The second-order valence-corrected chi connectivity index (χ2v) is 5.81. The van der Waals surface area contributed by atoms with Gasteiger partial charge in [0.15, 0.2) is 0 Å². The molecule has 0 aliphatic carbocycles. The van der Waals surface area contributed by atoms with Crippen molar-refractivity contribution in [2.75, 3.05) is 17.2 Å². The molecule has 0 bridgehead atoms. The van der Waals surface area contributed by atoms with E-state index in [1.165, 1.54) is 24.8 Å². The number of carbonyl (C=O) groups is 1. The summed E-state index contributed by atoms with van der Waals surface area (Å²) in [6, 6.07) is 5.92. The number of benzene rings is 1. The van der Waals surface area contributed by atoms with Crippen molar-refractivity contribution < 1.29 is 4.79 Å². The molecule has 1 aliphatic heterocycles. The first-order chi connectivity index (χ1) is 9.65. The lowest BCUT2D eigenvalue weighted by Crippen LogP contribution is -2.38. The standard InChI is InChI=1S/C17H26N2O/c1-3-5-6-13(4-2)12-19-16-9-8-15(18)11-14(16)7-10-17(19)20/h8-9,11,13H,3-7,10,12,18H2,1-2H3. The van der Waals surface area contributed by atoms with Crippen molar-refractivity contribution in [3.8, 4) is 0 Å². The molecular weight excluding hydrogens is 248 g/mol. The number of carbonyl (C=O) groups excluding carboxylic acids is 1. The number of nitrogen functional groups attached to an aromatic ring is 1. The predicted molar refractivity (Wildman–Crippen MR) is 84.8 cm³/mol. The zero-order chi connectivity index (χ0) is 14.5. The van der Waals surface area contributed by atoms with E-state index in [0.717, 1.165) is 30.8 Å². The highest BCUT2D eigenvalue weighted by atomic mass is 16.2. The van der Waals surface area contributed by atoms with Crippen LogP contribution in [0.25, 0.3) is 0 Å². The Labute approximate surface area is 122 Å². The number of hydrogen-bond acceptors (Lipinski definition) is 2. The third-order valence-corrected chi connectivity index (χ3v) is 4.29. The number of nitrogens with zero attached hydrogens (tertiary/aromatic N) is 1. The van der Waals surface area contributed by atoms with Gasteiger partial charge in [0, 0.05) is 24.3 Å². The molecule has 0 radical (unpaired) electrons. The average molecular weight is 274 g/mol. The Kier molecular flexibility index (Phi) is 5.05. The Morgan fingerprint density at radius 2 is 2.10 bits per heavy atom. The highest BCUT2D eigenvalue weighted by Crippen LogP contribution is 2.31.